The molecule has 0 bridgehead atoms. The first kappa shape index (κ1) is 12.4. The lowest BCUT2D eigenvalue weighted by molar-refractivity contribution is 0.380. The first-order valence-electron chi connectivity index (χ1n) is 6.33. The summed E-state index contributed by atoms with van der Waals surface area (Å²) < 4.78 is 26.2. The second kappa shape index (κ2) is 3.98. The minimum Gasteiger partial charge on any atom is -0.212 e. The fraction of sp³-hybridized carbons (Fsp3) is 1.00. The zero-order valence-electron chi connectivity index (χ0n) is 10.6. The van der Waals surface area contributed by atoms with Crippen molar-refractivity contribution in [2.45, 2.75) is 40.0 Å². The highest BCUT2D eigenvalue weighted by Gasteiger charge is 2.49. The van der Waals surface area contributed by atoms with E-state index in [-0.39, 0.29) is 5.41 Å². The highest BCUT2D eigenvalue weighted by Crippen LogP contribution is 2.53. The average molecular weight is 245 g/mol. The summed E-state index contributed by atoms with van der Waals surface area (Å²) in [6.07, 6.45) is 3.20. The van der Waals surface area contributed by atoms with E-state index >= 15 is 0 Å². The van der Waals surface area contributed by atoms with Crippen molar-refractivity contribution in [3.8, 4) is 0 Å². The molecule has 2 aliphatic rings. The monoisotopic (exact) mass is 245 g/mol. The molecule has 1 saturated carbocycles. The molecule has 1 aliphatic carbocycles. The predicted molar refractivity (Wildman–Crippen MR) is 65.6 cm³/mol. The Morgan fingerprint density at radius 1 is 1.38 bits per heavy atom. The Hall–Kier alpha value is -0.0900. The van der Waals surface area contributed by atoms with Crippen LogP contribution in [0.1, 0.15) is 40.0 Å². The average Bonchev–Trinajstić information content (AvgIpc) is 2.79. The van der Waals surface area contributed by atoms with E-state index in [0.29, 0.717) is 17.6 Å². The number of nitrogens with zero attached hydrogens (tertiary/aromatic N) is 1. The Morgan fingerprint density at radius 3 is 2.38 bits per heavy atom. The molecule has 0 aromatic carbocycles. The largest absolute Gasteiger partial charge is 0.214 e. The molecule has 94 valence electrons. The SMILES string of the molecule is CC1CCN(S(=O)(=O)CC2(C(C)C)CC2)C1. The van der Waals surface area contributed by atoms with E-state index in [1.807, 2.05) is 0 Å². The van der Waals surface area contributed by atoms with Gasteiger partial charge >= 0.3 is 0 Å². The van der Waals surface area contributed by atoms with Crippen molar-refractivity contribution < 1.29 is 8.42 Å². The lowest BCUT2D eigenvalue weighted by atomic mass is 9.95. The van der Waals surface area contributed by atoms with Gasteiger partial charge in [-0.1, -0.05) is 20.8 Å². The van der Waals surface area contributed by atoms with Gasteiger partial charge in [-0.2, -0.15) is 0 Å². The molecule has 0 aromatic heterocycles. The number of hydrogen-bond acceptors (Lipinski definition) is 2. The van der Waals surface area contributed by atoms with E-state index < -0.39 is 10.0 Å². The zero-order chi connectivity index (χ0) is 12.0. The van der Waals surface area contributed by atoms with Crippen LogP contribution in [0, 0.1) is 17.3 Å². The number of rotatable bonds is 4. The van der Waals surface area contributed by atoms with Crippen LogP contribution in [0.15, 0.2) is 0 Å². The molecule has 1 atom stereocenters. The normalized spacial score (nSPS) is 29.9. The summed E-state index contributed by atoms with van der Waals surface area (Å²) in [5.74, 6) is 1.40. The van der Waals surface area contributed by atoms with Crippen LogP contribution in [0.3, 0.4) is 0 Å². The van der Waals surface area contributed by atoms with Gasteiger partial charge < -0.3 is 0 Å². The summed E-state index contributed by atoms with van der Waals surface area (Å²) in [4.78, 5) is 0. The van der Waals surface area contributed by atoms with Gasteiger partial charge in [0.1, 0.15) is 0 Å². The molecule has 1 heterocycles. The molecular formula is C12H23NO2S. The summed E-state index contributed by atoms with van der Waals surface area (Å²) in [6.45, 7) is 7.89. The lowest BCUT2D eigenvalue weighted by Crippen LogP contribution is -2.35. The maximum atomic E-state index is 12.3. The van der Waals surface area contributed by atoms with Crippen LogP contribution >= 0.6 is 0 Å². The fourth-order valence-electron chi connectivity index (χ4n) is 2.65. The molecule has 1 saturated heterocycles. The summed E-state index contributed by atoms with van der Waals surface area (Å²) in [7, 11) is -3.00. The standard InChI is InChI=1S/C12H23NO2S/c1-10(2)12(5-6-12)9-16(14,15)13-7-4-11(3)8-13/h10-11H,4-9H2,1-3H3. The van der Waals surface area contributed by atoms with Crippen molar-refractivity contribution in [3.63, 3.8) is 0 Å². The molecule has 0 amide bonds. The molecule has 2 rings (SSSR count). The quantitative estimate of drug-likeness (QED) is 0.760. The molecule has 0 N–H and O–H groups in total. The van der Waals surface area contributed by atoms with Gasteiger partial charge in [0.15, 0.2) is 0 Å². The topological polar surface area (TPSA) is 37.4 Å². The zero-order valence-corrected chi connectivity index (χ0v) is 11.4. The first-order valence-corrected chi connectivity index (χ1v) is 7.94. The van der Waals surface area contributed by atoms with E-state index in [0.717, 1.165) is 32.4 Å². The molecular weight excluding hydrogens is 222 g/mol. The van der Waals surface area contributed by atoms with Gasteiger partial charge in [-0.05, 0) is 36.5 Å². The van der Waals surface area contributed by atoms with E-state index in [4.69, 9.17) is 0 Å². The van der Waals surface area contributed by atoms with Gasteiger partial charge in [0.2, 0.25) is 10.0 Å². The third kappa shape index (κ3) is 2.28. The van der Waals surface area contributed by atoms with Gasteiger partial charge in [0.05, 0.1) is 5.75 Å². The number of hydrogen-bond donors (Lipinski definition) is 0. The van der Waals surface area contributed by atoms with Crippen LogP contribution in [0.5, 0.6) is 0 Å². The minimum absolute atomic E-state index is 0.102. The second-order valence-electron chi connectivity index (χ2n) is 6.03. The smallest absolute Gasteiger partial charge is 0.212 e. The highest BCUT2D eigenvalue weighted by atomic mass is 32.2. The van der Waals surface area contributed by atoms with E-state index in [9.17, 15) is 8.42 Å². The third-order valence-electron chi connectivity index (χ3n) is 4.37. The lowest BCUT2D eigenvalue weighted by Gasteiger charge is -2.23. The van der Waals surface area contributed by atoms with Crippen LogP contribution in [0.25, 0.3) is 0 Å². The Labute approximate surface area is 99.3 Å². The van der Waals surface area contributed by atoms with Gasteiger partial charge in [0, 0.05) is 13.1 Å². The third-order valence-corrected chi connectivity index (χ3v) is 6.42. The van der Waals surface area contributed by atoms with Crippen LogP contribution in [0.4, 0.5) is 0 Å². The van der Waals surface area contributed by atoms with Crippen molar-refractivity contribution in [1.29, 1.82) is 0 Å². The van der Waals surface area contributed by atoms with Gasteiger partial charge in [-0.25, -0.2) is 12.7 Å². The fourth-order valence-corrected chi connectivity index (χ4v) is 5.05. The summed E-state index contributed by atoms with van der Waals surface area (Å²) in [5, 5.41) is 0. The van der Waals surface area contributed by atoms with Crippen LogP contribution < -0.4 is 0 Å². The van der Waals surface area contributed by atoms with Crippen molar-refractivity contribution in [2.24, 2.45) is 17.3 Å². The molecule has 0 radical (unpaired) electrons. The molecule has 1 aliphatic heterocycles. The van der Waals surface area contributed by atoms with E-state index in [2.05, 4.69) is 20.8 Å². The maximum Gasteiger partial charge on any atom is 0.214 e. The van der Waals surface area contributed by atoms with Crippen molar-refractivity contribution >= 4 is 10.0 Å². The Balaban J connectivity index is 2.04. The van der Waals surface area contributed by atoms with E-state index in [1.54, 1.807) is 4.31 Å². The molecule has 4 heteroatoms. The van der Waals surface area contributed by atoms with Crippen molar-refractivity contribution in [1.82, 2.24) is 4.31 Å². The molecule has 1 unspecified atom stereocenters. The minimum atomic E-state index is -3.00. The van der Waals surface area contributed by atoms with Crippen LogP contribution in [-0.2, 0) is 10.0 Å². The van der Waals surface area contributed by atoms with Gasteiger partial charge in [0.25, 0.3) is 0 Å². The van der Waals surface area contributed by atoms with Crippen molar-refractivity contribution in [3.05, 3.63) is 0 Å². The molecule has 2 fully saturated rings. The summed E-state index contributed by atoms with van der Waals surface area (Å²) >= 11 is 0. The van der Waals surface area contributed by atoms with Gasteiger partial charge in [-0.15, -0.1) is 0 Å². The molecule has 3 nitrogen and oxygen atoms in total. The van der Waals surface area contributed by atoms with E-state index in [1.165, 1.54) is 0 Å². The Morgan fingerprint density at radius 2 is 2.00 bits per heavy atom. The van der Waals surface area contributed by atoms with Crippen LogP contribution in [0.2, 0.25) is 0 Å². The molecule has 16 heavy (non-hydrogen) atoms. The summed E-state index contributed by atoms with van der Waals surface area (Å²) in [5.41, 5.74) is 0.102. The predicted octanol–water partition coefficient (Wildman–Crippen LogP) is 2.09. The second-order valence-corrected chi connectivity index (χ2v) is 7.99. The van der Waals surface area contributed by atoms with Gasteiger partial charge in [-0.3, -0.25) is 0 Å². The number of sulfonamides is 1. The molecule has 0 spiro atoms. The van der Waals surface area contributed by atoms with Crippen LogP contribution in [-0.4, -0.2) is 31.6 Å². The van der Waals surface area contributed by atoms with Crippen molar-refractivity contribution in [2.75, 3.05) is 18.8 Å². The first-order chi connectivity index (χ1) is 7.36. The summed E-state index contributed by atoms with van der Waals surface area (Å²) in [6, 6.07) is 0. The Kier molecular flexibility index (Phi) is 3.08. The Bertz CT molecular complexity index is 357. The molecule has 0 aromatic rings. The maximum absolute atomic E-state index is 12.3. The highest BCUT2D eigenvalue weighted by molar-refractivity contribution is 7.89.